The van der Waals surface area contributed by atoms with Gasteiger partial charge in [0.25, 0.3) is 0 Å². The second-order valence-corrected chi connectivity index (χ2v) is 5.65. The van der Waals surface area contributed by atoms with E-state index >= 15 is 0 Å². The van der Waals surface area contributed by atoms with Gasteiger partial charge in [0.05, 0.1) is 0 Å². The summed E-state index contributed by atoms with van der Waals surface area (Å²) in [5.74, 6) is -0.117. The highest BCUT2D eigenvalue weighted by atomic mass is 19.4. The molecule has 1 saturated heterocycles. The third-order valence-corrected chi connectivity index (χ3v) is 4.01. The first-order valence-electron chi connectivity index (χ1n) is 7.55. The van der Waals surface area contributed by atoms with Gasteiger partial charge in [-0.15, -0.1) is 13.2 Å². The molecule has 4 nitrogen and oxygen atoms in total. The molecule has 0 bridgehead atoms. The molecule has 0 spiro atoms. The van der Waals surface area contributed by atoms with Gasteiger partial charge in [-0.2, -0.15) is 0 Å². The molecule has 0 saturated carbocycles. The fraction of sp³-hybridized carbons (Fsp3) is 0.562. The Morgan fingerprint density at radius 3 is 2.48 bits per heavy atom. The van der Waals surface area contributed by atoms with E-state index in [9.17, 15) is 18.0 Å². The van der Waals surface area contributed by atoms with Crippen molar-refractivity contribution in [3.63, 3.8) is 0 Å². The van der Waals surface area contributed by atoms with Gasteiger partial charge in [0.15, 0.2) is 0 Å². The van der Waals surface area contributed by atoms with E-state index in [1.54, 1.807) is 0 Å². The van der Waals surface area contributed by atoms with Crippen LogP contribution in [0.4, 0.5) is 13.2 Å². The average molecular weight is 331 g/mol. The third-order valence-electron chi connectivity index (χ3n) is 4.01. The number of hydrogen-bond acceptors (Lipinski definition) is 3. The molecule has 1 aromatic carbocycles. The van der Waals surface area contributed by atoms with Crippen LogP contribution in [0.2, 0.25) is 0 Å². The Kier molecular flexibility index (Phi) is 5.87. The maximum absolute atomic E-state index is 12.1. The molecule has 1 heterocycles. The molecule has 1 atom stereocenters. The Morgan fingerprint density at radius 1 is 1.30 bits per heavy atom. The van der Waals surface area contributed by atoms with E-state index in [2.05, 4.69) is 10.1 Å². The first-order valence-corrected chi connectivity index (χ1v) is 7.55. The SMILES string of the molecule is CC(C(=O)NCc1ccc(OC(F)(F)F)cc1)C1CCOCC1. The molecular weight excluding hydrogens is 311 g/mol. The lowest BCUT2D eigenvalue weighted by Crippen LogP contribution is -2.35. The highest BCUT2D eigenvalue weighted by molar-refractivity contribution is 5.78. The number of carbonyl (C=O) groups excluding carboxylic acids is 1. The minimum atomic E-state index is -4.70. The van der Waals surface area contributed by atoms with Crippen LogP contribution in [-0.4, -0.2) is 25.5 Å². The number of ether oxygens (including phenoxy) is 2. The summed E-state index contributed by atoms with van der Waals surface area (Å²) in [5.41, 5.74) is 0.715. The van der Waals surface area contributed by atoms with E-state index in [-0.39, 0.29) is 24.1 Å². The molecular formula is C16H20F3NO3. The molecule has 0 radical (unpaired) electrons. The van der Waals surface area contributed by atoms with Crippen molar-refractivity contribution in [2.45, 2.75) is 32.7 Å². The normalized spacial score (nSPS) is 17.6. The second-order valence-electron chi connectivity index (χ2n) is 5.65. The highest BCUT2D eigenvalue weighted by Crippen LogP contribution is 2.24. The van der Waals surface area contributed by atoms with Gasteiger partial charge < -0.3 is 14.8 Å². The highest BCUT2D eigenvalue weighted by Gasteiger charge is 2.31. The van der Waals surface area contributed by atoms with Gasteiger partial charge in [0, 0.05) is 25.7 Å². The van der Waals surface area contributed by atoms with E-state index < -0.39 is 6.36 Å². The van der Waals surface area contributed by atoms with Crippen LogP contribution >= 0.6 is 0 Å². The van der Waals surface area contributed by atoms with E-state index in [0.29, 0.717) is 24.7 Å². The largest absolute Gasteiger partial charge is 0.573 e. The maximum Gasteiger partial charge on any atom is 0.573 e. The smallest absolute Gasteiger partial charge is 0.406 e. The Morgan fingerprint density at radius 2 is 1.91 bits per heavy atom. The topological polar surface area (TPSA) is 47.6 Å². The van der Waals surface area contributed by atoms with Crippen molar-refractivity contribution in [1.82, 2.24) is 5.32 Å². The minimum absolute atomic E-state index is 0.0486. The van der Waals surface area contributed by atoms with Crippen molar-refractivity contribution in [2.75, 3.05) is 13.2 Å². The predicted octanol–water partition coefficient (Wildman–Crippen LogP) is 3.26. The van der Waals surface area contributed by atoms with Gasteiger partial charge in [-0.1, -0.05) is 19.1 Å². The van der Waals surface area contributed by atoms with Gasteiger partial charge in [-0.25, -0.2) is 0 Å². The van der Waals surface area contributed by atoms with Gasteiger partial charge in [0.1, 0.15) is 5.75 Å². The molecule has 1 amide bonds. The van der Waals surface area contributed by atoms with Gasteiger partial charge in [-0.3, -0.25) is 4.79 Å². The molecule has 1 aliphatic heterocycles. The molecule has 128 valence electrons. The van der Waals surface area contributed by atoms with Crippen LogP contribution in [0.5, 0.6) is 5.75 Å². The van der Waals surface area contributed by atoms with Gasteiger partial charge in [0.2, 0.25) is 5.91 Å². The Bertz CT molecular complexity index is 510. The summed E-state index contributed by atoms with van der Waals surface area (Å²) in [6.45, 7) is 3.54. The summed E-state index contributed by atoms with van der Waals surface area (Å²) in [6.07, 6.45) is -2.95. The van der Waals surface area contributed by atoms with Crippen molar-refractivity contribution in [3.8, 4) is 5.75 Å². The van der Waals surface area contributed by atoms with Crippen molar-refractivity contribution in [3.05, 3.63) is 29.8 Å². The van der Waals surface area contributed by atoms with E-state index in [4.69, 9.17) is 4.74 Å². The molecule has 2 rings (SSSR count). The van der Waals surface area contributed by atoms with Gasteiger partial charge in [-0.05, 0) is 36.5 Å². The van der Waals surface area contributed by atoms with Crippen LogP contribution in [0.1, 0.15) is 25.3 Å². The lowest BCUT2D eigenvalue weighted by Gasteiger charge is -2.27. The summed E-state index contributed by atoms with van der Waals surface area (Å²) < 4.78 is 45.3. The standard InChI is InChI=1S/C16H20F3NO3/c1-11(13-6-8-22-9-7-13)15(21)20-10-12-2-4-14(5-3-12)23-16(17,18)19/h2-5,11,13H,6-10H2,1H3,(H,20,21). The third kappa shape index (κ3) is 5.74. The molecule has 1 aromatic rings. The second kappa shape index (κ2) is 7.68. The minimum Gasteiger partial charge on any atom is -0.406 e. The Labute approximate surface area is 133 Å². The van der Waals surface area contributed by atoms with Crippen LogP contribution < -0.4 is 10.1 Å². The van der Waals surface area contributed by atoms with Crippen LogP contribution in [0.3, 0.4) is 0 Å². The lowest BCUT2D eigenvalue weighted by molar-refractivity contribution is -0.274. The van der Waals surface area contributed by atoms with Crippen molar-refractivity contribution >= 4 is 5.91 Å². The van der Waals surface area contributed by atoms with Crippen molar-refractivity contribution in [1.29, 1.82) is 0 Å². The number of alkyl halides is 3. The number of hydrogen-bond donors (Lipinski definition) is 1. The number of carbonyl (C=O) groups is 1. The van der Waals surface area contributed by atoms with E-state index in [1.807, 2.05) is 6.92 Å². The molecule has 1 fully saturated rings. The lowest BCUT2D eigenvalue weighted by atomic mass is 9.87. The fourth-order valence-electron chi connectivity index (χ4n) is 2.59. The fourth-order valence-corrected chi connectivity index (χ4v) is 2.59. The summed E-state index contributed by atoms with van der Waals surface area (Å²) in [6, 6.07) is 5.47. The molecule has 7 heteroatoms. The molecule has 1 N–H and O–H groups in total. The number of rotatable bonds is 5. The Balaban J connectivity index is 1.81. The van der Waals surface area contributed by atoms with Crippen LogP contribution in [0, 0.1) is 11.8 Å². The predicted molar refractivity (Wildman–Crippen MR) is 77.7 cm³/mol. The molecule has 0 aliphatic carbocycles. The van der Waals surface area contributed by atoms with Crippen molar-refractivity contribution < 1.29 is 27.4 Å². The number of benzene rings is 1. The van der Waals surface area contributed by atoms with Crippen LogP contribution in [0.15, 0.2) is 24.3 Å². The van der Waals surface area contributed by atoms with Gasteiger partial charge >= 0.3 is 6.36 Å². The molecule has 23 heavy (non-hydrogen) atoms. The summed E-state index contributed by atoms with van der Waals surface area (Å²) in [4.78, 5) is 12.1. The zero-order valence-electron chi connectivity index (χ0n) is 12.9. The Hall–Kier alpha value is -1.76. The first-order chi connectivity index (χ1) is 10.8. The van der Waals surface area contributed by atoms with E-state index in [0.717, 1.165) is 12.8 Å². The quantitative estimate of drug-likeness (QED) is 0.901. The maximum atomic E-state index is 12.1. The molecule has 0 aromatic heterocycles. The van der Waals surface area contributed by atoms with Crippen molar-refractivity contribution in [2.24, 2.45) is 11.8 Å². The zero-order chi connectivity index (χ0) is 16.9. The zero-order valence-corrected chi connectivity index (χ0v) is 12.9. The summed E-state index contributed by atoms with van der Waals surface area (Å²) in [5, 5.41) is 2.82. The number of amides is 1. The number of nitrogens with one attached hydrogen (secondary N) is 1. The van der Waals surface area contributed by atoms with E-state index in [1.165, 1.54) is 24.3 Å². The average Bonchev–Trinajstić information content (AvgIpc) is 2.52. The first kappa shape index (κ1) is 17.6. The monoisotopic (exact) mass is 331 g/mol. The van der Waals surface area contributed by atoms with Crippen LogP contribution in [-0.2, 0) is 16.1 Å². The molecule has 1 aliphatic rings. The number of halogens is 3. The summed E-state index contributed by atoms with van der Waals surface area (Å²) >= 11 is 0. The summed E-state index contributed by atoms with van der Waals surface area (Å²) in [7, 11) is 0. The molecule has 1 unspecified atom stereocenters. The van der Waals surface area contributed by atoms with Crippen LogP contribution in [0.25, 0.3) is 0 Å².